The lowest BCUT2D eigenvalue weighted by Gasteiger charge is -2.04. The van der Waals surface area contributed by atoms with E-state index in [1.807, 2.05) is 0 Å². The number of halogens is 2. The van der Waals surface area contributed by atoms with Gasteiger partial charge < -0.3 is 4.74 Å². The summed E-state index contributed by atoms with van der Waals surface area (Å²) in [6.45, 7) is 0. The number of aromatic nitrogens is 2. The molecule has 0 spiro atoms. The van der Waals surface area contributed by atoms with E-state index in [9.17, 15) is 4.39 Å². The zero-order valence-corrected chi connectivity index (χ0v) is 9.11. The van der Waals surface area contributed by atoms with Crippen molar-refractivity contribution in [3.63, 3.8) is 0 Å². The summed E-state index contributed by atoms with van der Waals surface area (Å²) in [5.41, 5.74) is 0. The molecule has 0 atom stereocenters. The fourth-order valence-electron chi connectivity index (χ4n) is 1.01. The Morgan fingerprint density at radius 3 is 2.87 bits per heavy atom. The molecule has 0 saturated heterocycles. The molecule has 15 heavy (non-hydrogen) atoms. The van der Waals surface area contributed by atoms with Crippen LogP contribution >= 0.6 is 15.9 Å². The molecule has 0 fully saturated rings. The van der Waals surface area contributed by atoms with Crippen molar-refractivity contribution in [2.75, 3.05) is 0 Å². The van der Waals surface area contributed by atoms with Gasteiger partial charge in [-0.2, -0.15) is 0 Å². The molecule has 0 saturated carbocycles. The number of ether oxygens (including phenoxy) is 1. The predicted octanol–water partition coefficient (Wildman–Crippen LogP) is 3.17. The van der Waals surface area contributed by atoms with Gasteiger partial charge in [-0.1, -0.05) is 15.9 Å². The Balaban J connectivity index is 2.28. The number of rotatable bonds is 2. The average Bonchev–Trinajstić information content (AvgIpc) is 2.25. The minimum Gasteiger partial charge on any atom is -0.434 e. The highest BCUT2D eigenvalue weighted by molar-refractivity contribution is 9.10. The quantitative estimate of drug-likeness (QED) is 0.839. The first kappa shape index (κ1) is 10.0. The standard InChI is InChI=1S/C10H6BrFN2O/c11-7-1-2-8(12)9(5-7)15-10-6-13-3-4-14-10/h1-6H. The van der Waals surface area contributed by atoms with Crippen LogP contribution in [0.3, 0.4) is 0 Å². The fourth-order valence-corrected chi connectivity index (χ4v) is 1.35. The third kappa shape index (κ3) is 2.50. The molecule has 0 bridgehead atoms. The first-order chi connectivity index (χ1) is 7.25. The highest BCUT2D eigenvalue weighted by Crippen LogP contribution is 2.25. The number of benzene rings is 1. The van der Waals surface area contributed by atoms with Crippen LogP contribution in [0, 0.1) is 5.82 Å². The first-order valence-corrected chi connectivity index (χ1v) is 4.94. The maximum atomic E-state index is 13.3. The van der Waals surface area contributed by atoms with E-state index in [4.69, 9.17) is 4.74 Å². The zero-order chi connectivity index (χ0) is 10.7. The summed E-state index contributed by atoms with van der Waals surface area (Å²) >= 11 is 3.23. The largest absolute Gasteiger partial charge is 0.434 e. The monoisotopic (exact) mass is 268 g/mol. The number of hydrogen-bond acceptors (Lipinski definition) is 3. The van der Waals surface area contributed by atoms with Crippen LogP contribution in [0.5, 0.6) is 11.6 Å². The first-order valence-electron chi connectivity index (χ1n) is 4.14. The van der Waals surface area contributed by atoms with Crippen LogP contribution in [0.1, 0.15) is 0 Å². The summed E-state index contributed by atoms with van der Waals surface area (Å²) in [5, 5.41) is 0. The SMILES string of the molecule is Fc1ccc(Br)cc1Oc1cnccn1. The molecule has 2 rings (SSSR count). The van der Waals surface area contributed by atoms with E-state index in [0.29, 0.717) is 0 Å². The molecule has 5 heteroatoms. The molecular formula is C10H6BrFN2O. The molecule has 2 aromatic rings. The molecule has 3 nitrogen and oxygen atoms in total. The minimum absolute atomic E-state index is 0.116. The van der Waals surface area contributed by atoms with Gasteiger partial charge in [0.1, 0.15) is 0 Å². The number of nitrogens with zero attached hydrogens (tertiary/aromatic N) is 2. The van der Waals surface area contributed by atoms with Crippen LogP contribution < -0.4 is 4.74 Å². The van der Waals surface area contributed by atoms with Gasteiger partial charge in [-0.05, 0) is 18.2 Å². The minimum atomic E-state index is -0.441. The van der Waals surface area contributed by atoms with E-state index >= 15 is 0 Å². The van der Waals surface area contributed by atoms with Crippen LogP contribution in [0.25, 0.3) is 0 Å². The average molecular weight is 269 g/mol. The van der Waals surface area contributed by atoms with Crippen molar-refractivity contribution in [3.05, 3.63) is 47.1 Å². The summed E-state index contributed by atoms with van der Waals surface area (Å²) in [6, 6.07) is 4.44. The van der Waals surface area contributed by atoms with Gasteiger partial charge in [-0.15, -0.1) is 0 Å². The van der Waals surface area contributed by atoms with Crippen LogP contribution in [-0.2, 0) is 0 Å². The molecule has 1 heterocycles. The van der Waals surface area contributed by atoms with Gasteiger partial charge in [0, 0.05) is 16.9 Å². The van der Waals surface area contributed by atoms with Crippen molar-refractivity contribution in [2.45, 2.75) is 0 Å². The second-order valence-electron chi connectivity index (χ2n) is 2.72. The molecule has 1 aromatic carbocycles. The molecule has 0 radical (unpaired) electrons. The van der Waals surface area contributed by atoms with E-state index < -0.39 is 5.82 Å². The predicted molar refractivity (Wildman–Crippen MR) is 56.2 cm³/mol. The Morgan fingerprint density at radius 2 is 2.13 bits per heavy atom. The molecular weight excluding hydrogens is 263 g/mol. The second kappa shape index (κ2) is 4.35. The van der Waals surface area contributed by atoms with Crippen molar-refractivity contribution >= 4 is 15.9 Å². The van der Waals surface area contributed by atoms with E-state index in [-0.39, 0.29) is 11.6 Å². The van der Waals surface area contributed by atoms with Gasteiger partial charge >= 0.3 is 0 Å². The van der Waals surface area contributed by atoms with Crippen molar-refractivity contribution in [2.24, 2.45) is 0 Å². The normalized spacial score (nSPS) is 10.0. The molecule has 0 aliphatic rings. The highest BCUT2D eigenvalue weighted by atomic mass is 79.9. The van der Waals surface area contributed by atoms with E-state index in [0.717, 1.165) is 4.47 Å². The van der Waals surface area contributed by atoms with Crippen molar-refractivity contribution in [1.82, 2.24) is 9.97 Å². The van der Waals surface area contributed by atoms with E-state index in [1.165, 1.54) is 30.7 Å². The van der Waals surface area contributed by atoms with Gasteiger partial charge in [-0.25, -0.2) is 9.37 Å². The van der Waals surface area contributed by atoms with Gasteiger partial charge in [0.15, 0.2) is 11.6 Å². The summed E-state index contributed by atoms with van der Waals surface area (Å²) < 4.78 is 19.2. The topological polar surface area (TPSA) is 35.0 Å². The highest BCUT2D eigenvalue weighted by Gasteiger charge is 2.05. The van der Waals surface area contributed by atoms with Gasteiger partial charge in [0.05, 0.1) is 6.20 Å². The summed E-state index contributed by atoms with van der Waals surface area (Å²) in [5.74, 6) is -0.0665. The Morgan fingerprint density at radius 1 is 1.27 bits per heavy atom. The van der Waals surface area contributed by atoms with Crippen molar-refractivity contribution < 1.29 is 9.13 Å². The molecule has 0 amide bonds. The van der Waals surface area contributed by atoms with E-state index in [2.05, 4.69) is 25.9 Å². The van der Waals surface area contributed by atoms with Crippen LogP contribution in [0.4, 0.5) is 4.39 Å². The Labute approximate surface area is 94.1 Å². The van der Waals surface area contributed by atoms with Crippen molar-refractivity contribution in [3.8, 4) is 11.6 Å². The smallest absolute Gasteiger partial charge is 0.237 e. The summed E-state index contributed by atoms with van der Waals surface area (Å²) in [7, 11) is 0. The lowest BCUT2D eigenvalue weighted by molar-refractivity contribution is 0.425. The molecule has 0 aliphatic heterocycles. The van der Waals surface area contributed by atoms with Gasteiger partial charge in [0.25, 0.3) is 0 Å². The maximum absolute atomic E-state index is 13.3. The Hall–Kier alpha value is -1.49. The zero-order valence-electron chi connectivity index (χ0n) is 7.52. The third-order valence-corrected chi connectivity index (χ3v) is 2.14. The molecule has 0 unspecified atom stereocenters. The van der Waals surface area contributed by atoms with Crippen LogP contribution in [-0.4, -0.2) is 9.97 Å². The van der Waals surface area contributed by atoms with Crippen LogP contribution in [0.15, 0.2) is 41.3 Å². The lowest BCUT2D eigenvalue weighted by Crippen LogP contribution is -1.91. The Bertz CT molecular complexity index is 464. The second-order valence-corrected chi connectivity index (χ2v) is 3.64. The molecule has 0 aliphatic carbocycles. The maximum Gasteiger partial charge on any atom is 0.237 e. The molecule has 1 aromatic heterocycles. The van der Waals surface area contributed by atoms with E-state index in [1.54, 1.807) is 6.07 Å². The summed E-state index contributed by atoms with van der Waals surface area (Å²) in [4.78, 5) is 7.69. The molecule has 0 N–H and O–H groups in total. The molecule has 76 valence electrons. The van der Waals surface area contributed by atoms with Gasteiger partial charge in [-0.3, -0.25) is 4.98 Å². The fraction of sp³-hybridized carbons (Fsp3) is 0. The van der Waals surface area contributed by atoms with Crippen LogP contribution in [0.2, 0.25) is 0 Å². The van der Waals surface area contributed by atoms with Gasteiger partial charge in [0.2, 0.25) is 5.88 Å². The van der Waals surface area contributed by atoms with Crippen molar-refractivity contribution in [1.29, 1.82) is 0 Å². The summed E-state index contributed by atoms with van der Waals surface area (Å²) in [6.07, 6.45) is 4.41. The Kier molecular flexibility index (Phi) is 2.91. The lowest BCUT2D eigenvalue weighted by atomic mass is 10.3. The third-order valence-electron chi connectivity index (χ3n) is 1.65. The number of hydrogen-bond donors (Lipinski definition) is 0.